The summed E-state index contributed by atoms with van der Waals surface area (Å²) in [5.74, 6) is 0. The standard InChI is InChI=1S/C6H6N/c1-6-4-2-3-5-7-6/h2-4H,1H3. The smallest absolute Gasteiger partial charge is 0.0889 e. The molecule has 1 heteroatoms. The highest BCUT2D eigenvalue weighted by molar-refractivity contribution is 4.99. The lowest BCUT2D eigenvalue weighted by atomic mass is 10.4. The zero-order valence-corrected chi connectivity index (χ0v) is 4.18. The van der Waals surface area contributed by atoms with E-state index in [-0.39, 0.29) is 0 Å². The zero-order valence-electron chi connectivity index (χ0n) is 4.18. The third-order valence-electron chi connectivity index (χ3n) is 0.749. The molecule has 0 saturated heterocycles. The Morgan fingerprint density at radius 2 is 2.57 bits per heavy atom. The minimum Gasteiger partial charge on any atom is -0.251 e. The highest BCUT2D eigenvalue weighted by Gasteiger charge is 1.74. The molecule has 0 aromatic carbocycles. The average Bonchev–Trinajstić information content (AvgIpc) is 1.69. The molecule has 0 aliphatic rings. The summed E-state index contributed by atoms with van der Waals surface area (Å²) in [6.45, 7) is 1.94. The highest BCUT2D eigenvalue weighted by Crippen LogP contribution is 1.85. The first-order chi connectivity index (χ1) is 3.39. The lowest BCUT2D eigenvalue weighted by molar-refractivity contribution is 1.19. The maximum Gasteiger partial charge on any atom is 0.0889 e. The molecule has 0 unspecified atom stereocenters. The molecule has 0 aliphatic carbocycles. The molecule has 0 atom stereocenters. The highest BCUT2D eigenvalue weighted by atomic mass is 14.6. The van der Waals surface area contributed by atoms with E-state index in [4.69, 9.17) is 0 Å². The number of nitrogens with zero attached hydrogens (tertiary/aromatic N) is 1. The van der Waals surface area contributed by atoms with Crippen molar-refractivity contribution in [3.8, 4) is 0 Å². The summed E-state index contributed by atoms with van der Waals surface area (Å²) >= 11 is 0. The molecule has 1 heterocycles. The number of pyridine rings is 1. The molecule has 0 fully saturated rings. The fourth-order valence-corrected chi connectivity index (χ4v) is 0.407. The normalized spacial score (nSPS) is 8.71. The molecule has 0 amide bonds. The van der Waals surface area contributed by atoms with Crippen LogP contribution < -0.4 is 0 Å². The predicted octanol–water partition coefficient (Wildman–Crippen LogP) is 1.19. The summed E-state index contributed by atoms with van der Waals surface area (Å²) < 4.78 is 0. The van der Waals surface area contributed by atoms with Gasteiger partial charge in [0.2, 0.25) is 0 Å². The monoisotopic (exact) mass is 92.1 g/mol. The van der Waals surface area contributed by atoms with Gasteiger partial charge in [-0.3, -0.25) is 4.98 Å². The number of rotatable bonds is 0. The van der Waals surface area contributed by atoms with Crippen molar-refractivity contribution in [3.63, 3.8) is 0 Å². The van der Waals surface area contributed by atoms with Gasteiger partial charge in [-0.15, -0.1) is 0 Å². The SMILES string of the molecule is Cc1ccc[c]n1. The topological polar surface area (TPSA) is 12.9 Å². The van der Waals surface area contributed by atoms with Gasteiger partial charge in [0.25, 0.3) is 0 Å². The van der Waals surface area contributed by atoms with Gasteiger partial charge in [0, 0.05) is 5.69 Å². The molecule has 1 radical (unpaired) electrons. The maximum absolute atomic E-state index is 3.85. The van der Waals surface area contributed by atoms with Crippen LogP contribution in [0.25, 0.3) is 0 Å². The van der Waals surface area contributed by atoms with Crippen LogP contribution >= 0.6 is 0 Å². The summed E-state index contributed by atoms with van der Waals surface area (Å²) in [4.78, 5) is 3.85. The van der Waals surface area contributed by atoms with Crippen LogP contribution in [-0.2, 0) is 0 Å². The molecule has 1 aromatic heterocycles. The van der Waals surface area contributed by atoms with Crippen LogP contribution in [-0.4, -0.2) is 4.98 Å². The summed E-state index contributed by atoms with van der Waals surface area (Å²) in [6.07, 6.45) is 2.71. The third-order valence-corrected chi connectivity index (χ3v) is 0.749. The van der Waals surface area contributed by atoms with E-state index in [9.17, 15) is 0 Å². The van der Waals surface area contributed by atoms with E-state index in [1.165, 1.54) is 0 Å². The van der Waals surface area contributed by atoms with E-state index in [1.807, 2.05) is 19.1 Å². The van der Waals surface area contributed by atoms with E-state index >= 15 is 0 Å². The van der Waals surface area contributed by atoms with Crippen molar-refractivity contribution in [2.45, 2.75) is 6.92 Å². The Balaban J connectivity index is 3.02. The summed E-state index contributed by atoms with van der Waals surface area (Å²) in [6, 6.07) is 5.64. The molecular weight excluding hydrogens is 86.1 g/mol. The number of aryl methyl sites for hydroxylation is 1. The molecule has 0 bridgehead atoms. The Hall–Kier alpha value is -0.850. The molecule has 0 spiro atoms. The Bertz CT molecular complexity index is 134. The van der Waals surface area contributed by atoms with Crippen molar-refractivity contribution in [2.24, 2.45) is 0 Å². The van der Waals surface area contributed by atoms with E-state index in [0.717, 1.165) is 5.69 Å². The zero-order chi connectivity index (χ0) is 5.11. The van der Waals surface area contributed by atoms with Crippen LogP contribution in [0.5, 0.6) is 0 Å². The van der Waals surface area contributed by atoms with E-state index < -0.39 is 0 Å². The number of hydrogen-bond donors (Lipinski definition) is 0. The quantitative estimate of drug-likeness (QED) is 0.468. The van der Waals surface area contributed by atoms with Crippen molar-refractivity contribution in [3.05, 3.63) is 30.1 Å². The molecule has 0 aliphatic heterocycles. The van der Waals surface area contributed by atoms with Gasteiger partial charge >= 0.3 is 0 Å². The fraction of sp³-hybridized carbons (Fsp3) is 0.167. The summed E-state index contributed by atoms with van der Waals surface area (Å²) in [7, 11) is 0. The molecule has 35 valence electrons. The van der Waals surface area contributed by atoms with Crippen molar-refractivity contribution in [2.75, 3.05) is 0 Å². The van der Waals surface area contributed by atoms with Crippen LogP contribution in [0.15, 0.2) is 18.2 Å². The molecule has 0 saturated carbocycles. The minimum absolute atomic E-state index is 1.02. The Labute approximate surface area is 43.0 Å². The van der Waals surface area contributed by atoms with Gasteiger partial charge in [0.05, 0.1) is 6.20 Å². The van der Waals surface area contributed by atoms with Crippen LogP contribution in [0.1, 0.15) is 5.69 Å². The van der Waals surface area contributed by atoms with Gasteiger partial charge in [-0.1, -0.05) is 6.07 Å². The third kappa shape index (κ3) is 1.000. The van der Waals surface area contributed by atoms with Crippen molar-refractivity contribution >= 4 is 0 Å². The molecule has 0 N–H and O–H groups in total. The van der Waals surface area contributed by atoms with E-state index in [0.29, 0.717) is 0 Å². The molecule has 1 nitrogen and oxygen atoms in total. The lowest BCUT2D eigenvalue weighted by Gasteiger charge is -1.81. The largest absolute Gasteiger partial charge is 0.251 e. The van der Waals surface area contributed by atoms with Gasteiger partial charge in [-0.2, -0.15) is 0 Å². The second-order valence-electron chi connectivity index (χ2n) is 1.41. The predicted molar refractivity (Wildman–Crippen MR) is 27.8 cm³/mol. The van der Waals surface area contributed by atoms with Crippen molar-refractivity contribution < 1.29 is 0 Å². The van der Waals surface area contributed by atoms with Gasteiger partial charge in [0.1, 0.15) is 0 Å². The van der Waals surface area contributed by atoms with Crippen LogP contribution in [0.4, 0.5) is 0 Å². The van der Waals surface area contributed by atoms with Crippen molar-refractivity contribution in [1.82, 2.24) is 4.98 Å². The minimum atomic E-state index is 1.02. The maximum atomic E-state index is 3.85. The molecule has 1 aromatic rings. The average molecular weight is 92.1 g/mol. The first-order valence-electron chi connectivity index (χ1n) is 2.19. The number of hydrogen-bond acceptors (Lipinski definition) is 1. The second-order valence-corrected chi connectivity index (χ2v) is 1.41. The van der Waals surface area contributed by atoms with E-state index in [1.54, 1.807) is 6.07 Å². The Kier molecular flexibility index (Phi) is 1.07. The van der Waals surface area contributed by atoms with Crippen LogP contribution in [0.3, 0.4) is 0 Å². The van der Waals surface area contributed by atoms with Gasteiger partial charge < -0.3 is 0 Å². The molecule has 1 rings (SSSR count). The Morgan fingerprint density at radius 1 is 1.71 bits per heavy atom. The van der Waals surface area contributed by atoms with Gasteiger partial charge in [0.15, 0.2) is 0 Å². The summed E-state index contributed by atoms with van der Waals surface area (Å²) in [5.41, 5.74) is 1.02. The summed E-state index contributed by atoms with van der Waals surface area (Å²) in [5, 5.41) is 0. The lowest BCUT2D eigenvalue weighted by Crippen LogP contribution is -1.73. The number of aromatic nitrogens is 1. The van der Waals surface area contributed by atoms with Crippen LogP contribution in [0, 0.1) is 13.1 Å². The van der Waals surface area contributed by atoms with Gasteiger partial charge in [-0.25, -0.2) is 0 Å². The van der Waals surface area contributed by atoms with Crippen molar-refractivity contribution in [1.29, 1.82) is 0 Å². The second kappa shape index (κ2) is 1.73. The van der Waals surface area contributed by atoms with Crippen LogP contribution in [0.2, 0.25) is 0 Å². The molecular formula is C6H6N. The van der Waals surface area contributed by atoms with E-state index in [2.05, 4.69) is 11.2 Å². The first kappa shape index (κ1) is 4.31. The Morgan fingerprint density at radius 3 is 2.86 bits per heavy atom. The molecule has 7 heavy (non-hydrogen) atoms. The fourth-order valence-electron chi connectivity index (χ4n) is 0.407. The van der Waals surface area contributed by atoms with Gasteiger partial charge in [-0.05, 0) is 19.1 Å². The first-order valence-corrected chi connectivity index (χ1v) is 2.19.